The van der Waals surface area contributed by atoms with Gasteiger partial charge in [0.2, 0.25) is 0 Å². The summed E-state index contributed by atoms with van der Waals surface area (Å²) in [5.74, 6) is 0.148. The fourth-order valence-electron chi connectivity index (χ4n) is 2.49. The zero-order valence-electron chi connectivity index (χ0n) is 15.1. The maximum atomic E-state index is 12.2. The van der Waals surface area contributed by atoms with Crippen LogP contribution in [0.15, 0.2) is 42.5 Å². The number of para-hydroxylation sites is 1. The number of nitrogens with one attached hydrogen (secondary N) is 3. The SMILES string of the molecule is COc1ccc(Cl)cc1NC(=O)C[NH+](C)CC(=O)Nc1ccccc1C. The second-order valence-corrected chi connectivity index (χ2v) is 6.50. The Bertz CT molecular complexity index is 795. The number of halogens is 1. The van der Waals surface area contributed by atoms with Crippen LogP contribution < -0.4 is 20.3 Å². The summed E-state index contributed by atoms with van der Waals surface area (Å²) in [5.41, 5.74) is 2.27. The Morgan fingerprint density at radius 2 is 1.65 bits per heavy atom. The first kappa shape index (κ1) is 19.8. The summed E-state index contributed by atoms with van der Waals surface area (Å²) in [4.78, 5) is 25.2. The van der Waals surface area contributed by atoms with Crippen LogP contribution in [0.2, 0.25) is 5.02 Å². The van der Waals surface area contributed by atoms with Crippen LogP contribution >= 0.6 is 11.6 Å². The van der Waals surface area contributed by atoms with Crippen LogP contribution in [0, 0.1) is 6.92 Å². The number of methoxy groups -OCH3 is 1. The number of ether oxygens (including phenoxy) is 1. The lowest BCUT2D eigenvalue weighted by Crippen LogP contribution is -3.11. The third kappa shape index (κ3) is 5.75. The van der Waals surface area contributed by atoms with Crippen molar-refractivity contribution in [3.8, 4) is 5.75 Å². The lowest BCUT2D eigenvalue weighted by atomic mass is 10.2. The Labute approximate surface area is 158 Å². The molecular weight excluding hydrogens is 354 g/mol. The summed E-state index contributed by atoms with van der Waals surface area (Å²) in [7, 11) is 3.30. The summed E-state index contributed by atoms with van der Waals surface area (Å²) in [5, 5.41) is 6.12. The van der Waals surface area contributed by atoms with Crippen LogP contribution in [0.3, 0.4) is 0 Å². The molecule has 0 saturated carbocycles. The Morgan fingerprint density at radius 3 is 2.27 bits per heavy atom. The number of carbonyl (C=O) groups is 2. The van der Waals surface area contributed by atoms with Crippen molar-refractivity contribution >= 4 is 34.8 Å². The van der Waals surface area contributed by atoms with Gasteiger partial charge >= 0.3 is 0 Å². The van der Waals surface area contributed by atoms with E-state index in [1.165, 1.54) is 7.11 Å². The van der Waals surface area contributed by atoms with Gasteiger partial charge in [-0.1, -0.05) is 29.8 Å². The van der Waals surface area contributed by atoms with Gasteiger partial charge in [0.05, 0.1) is 19.8 Å². The van der Waals surface area contributed by atoms with Crippen LogP contribution in [0.1, 0.15) is 5.56 Å². The average molecular weight is 377 g/mol. The average Bonchev–Trinajstić information content (AvgIpc) is 2.56. The topological polar surface area (TPSA) is 71.9 Å². The first-order valence-corrected chi connectivity index (χ1v) is 8.57. The largest absolute Gasteiger partial charge is 0.495 e. The molecule has 2 aromatic rings. The van der Waals surface area contributed by atoms with Gasteiger partial charge in [0, 0.05) is 10.7 Å². The minimum absolute atomic E-state index is 0.136. The molecule has 0 heterocycles. The lowest BCUT2D eigenvalue weighted by Gasteiger charge is -2.15. The molecule has 0 aliphatic rings. The normalized spacial score (nSPS) is 11.5. The first-order valence-electron chi connectivity index (χ1n) is 8.19. The minimum atomic E-state index is -0.230. The number of hydrogen-bond acceptors (Lipinski definition) is 3. The maximum absolute atomic E-state index is 12.2. The zero-order valence-corrected chi connectivity index (χ0v) is 15.8. The standard InChI is InChI=1S/C19H22ClN3O3/c1-13-6-4-5-7-15(13)21-18(24)11-23(2)12-19(25)22-16-10-14(20)8-9-17(16)26-3/h4-10H,11-12H2,1-3H3,(H,21,24)(H,22,25)/p+1. The van der Waals surface area contributed by atoms with Crippen LogP contribution in [0.25, 0.3) is 0 Å². The second-order valence-electron chi connectivity index (χ2n) is 6.07. The molecule has 0 aromatic heterocycles. The molecule has 2 rings (SSSR count). The van der Waals surface area contributed by atoms with Gasteiger partial charge in [0.1, 0.15) is 5.75 Å². The van der Waals surface area contributed by atoms with Crippen molar-refractivity contribution in [3.63, 3.8) is 0 Å². The van der Waals surface area contributed by atoms with Crippen molar-refractivity contribution in [1.82, 2.24) is 0 Å². The van der Waals surface area contributed by atoms with E-state index in [0.29, 0.717) is 16.5 Å². The predicted molar refractivity (Wildman–Crippen MR) is 103 cm³/mol. The fourth-order valence-corrected chi connectivity index (χ4v) is 2.66. The third-order valence-electron chi connectivity index (χ3n) is 3.78. The molecule has 2 amide bonds. The van der Waals surface area contributed by atoms with Crippen molar-refractivity contribution < 1.29 is 19.2 Å². The molecule has 6 nitrogen and oxygen atoms in total. The van der Waals surface area contributed by atoms with Crippen molar-refractivity contribution in [1.29, 1.82) is 0 Å². The number of likely N-dealkylation sites (N-methyl/N-ethyl adjacent to an activating group) is 1. The van der Waals surface area contributed by atoms with Gasteiger partial charge in [-0.3, -0.25) is 9.59 Å². The molecule has 0 aliphatic carbocycles. The van der Waals surface area contributed by atoms with Gasteiger partial charge < -0.3 is 20.3 Å². The van der Waals surface area contributed by atoms with E-state index in [1.807, 2.05) is 31.2 Å². The molecule has 2 aromatic carbocycles. The van der Waals surface area contributed by atoms with Crippen molar-refractivity contribution in [2.45, 2.75) is 6.92 Å². The molecule has 138 valence electrons. The summed E-state index contributed by atoms with van der Waals surface area (Å²) in [6.07, 6.45) is 0. The monoisotopic (exact) mass is 376 g/mol. The second kappa shape index (κ2) is 9.22. The van der Waals surface area contributed by atoms with Crippen LogP contribution in [0.5, 0.6) is 5.75 Å². The molecule has 1 unspecified atom stereocenters. The minimum Gasteiger partial charge on any atom is -0.495 e. The molecule has 0 aliphatic heterocycles. The number of anilines is 2. The van der Waals surface area contributed by atoms with Gasteiger partial charge in [-0.25, -0.2) is 0 Å². The lowest BCUT2D eigenvalue weighted by molar-refractivity contribution is -0.862. The number of hydrogen-bond donors (Lipinski definition) is 3. The maximum Gasteiger partial charge on any atom is 0.279 e. The van der Waals surface area contributed by atoms with E-state index in [0.717, 1.165) is 16.2 Å². The molecule has 0 radical (unpaired) electrons. The highest BCUT2D eigenvalue weighted by atomic mass is 35.5. The van der Waals surface area contributed by atoms with E-state index >= 15 is 0 Å². The number of carbonyl (C=O) groups excluding carboxylic acids is 2. The molecule has 0 spiro atoms. The number of rotatable bonds is 7. The summed E-state index contributed by atoms with van der Waals surface area (Å²) in [6, 6.07) is 12.5. The Hall–Kier alpha value is -2.57. The molecule has 1 atom stereocenters. The molecular formula is C19H23ClN3O3+. The van der Waals surface area contributed by atoms with Crippen molar-refractivity contribution in [3.05, 3.63) is 53.1 Å². The van der Waals surface area contributed by atoms with E-state index in [2.05, 4.69) is 10.6 Å². The van der Waals surface area contributed by atoms with Crippen molar-refractivity contribution in [2.75, 3.05) is 37.9 Å². The highest BCUT2D eigenvalue weighted by Gasteiger charge is 2.16. The van der Waals surface area contributed by atoms with Gasteiger partial charge in [-0.2, -0.15) is 0 Å². The van der Waals surface area contributed by atoms with E-state index in [9.17, 15) is 9.59 Å². The fraction of sp³-hybridized carbons (Fsp3) is 0.263. The van der Waals surface area contributed by atoms with Gasteiger partial charge in [0.25, 0.3) is 11.8 Å². The quantitative estimate of drug-likeness (QED) is 0.689. The Morgan fingerprint density at radius 1 is 1.04 bits per heavy atom. The zero-order chi connectivity index (χ0) is 19.1. The molecule has 26 heavy (non-hydrogen) atoms. The first-order chi connectivity index (χ1) is 12.4. The van der Waals surface area contributed by atoms with E-state index in [-0.39, 0.29) is 24.9 Å². The molecule has 0 saturated heterocycles. The molecule has 3 N–H and O–H groups in total. The smallest absolute Gasteiger partial charge is 0.279 e. The number of quaternary nitrogens is 1. The predicted octanol–water partition coefficient (Wildman–Crippen LogP) is 1.75. The van der Waals surface area contributed by atoms with Gasteiger partial charge in [-0.15, -0.1) is 0 Å². The van der Waals surface area contributed by atoms with Crippen molar-refractivity contribution in [2.24, 2.45) is 0 Å². The van der Waals surface area contributed by atoms with Gasteiger partial charge in [-0.05, 0) is 36.8 Å². The molecule has 0 bridgehead atoms. The summed E-state index contributed by atoms with van der Waals surface area (Å²) < 4.78 is 5.20. The van der Waals surface area contributed by atoms with Gasteiger partial charge in [0.15, 0.2) is 13.1 Å². The third-order valence-corrected chi connectivity index (χ3v) is 4.01. The summed E-state index contributed by atoms with van der Waals surface area (Å²) in [6.45, 7) is 2.24. The highest BCUT2D eigenvalue weighted by Crippen LogP contribution is 2.27. The molecule has 0 fully saturated rings. The number of benzene rings is 2. The van der Waals surface area contributed by atoms with E-state index in [4.69, 9.17) is 16.3 Å². The van der Waals surface area contributed by atoms with Crippen LogP contribution in [-0.2, 0) is 9.59 Å². The number of amides is 2. The Kier molecular flexibility index (Phi) is 7.00. The molecule has 7 heteroatoms. The van der Waals surface area contributed by atoms with Crippen LogP contribution in [0.4, 0.5) is 11.4 Å². The van der Waals surface area contributed by atoms with E-state index < -0.39 is 0 Å². The summed E-state index contributed by atoms with van der Waals surface area (Å²) >= 11 is 5.96. The highest BCUT2D eigenvalue weighted by molar-refractivity contribution is 6.31. The van der Waals surface area contributed by atoms with E-state index in [1.54, 1.807) is 25.2 Å². The Balaban J connectivity index is 1.88. The van der Waals surface area contributed by atoms with Crippen LogP contribution in [-0.4, -0.2) is 39.1 Å². The number of aryl methyl sites for hydroxylation is 1.